The van der Waals surface area contributed by atoms with Crippen molar-refractivity contribution in [3.8, 4) is 11.1 Å². The Kier molecular flexibility index (Phi) is 2.04. The Hall–Kier alpha value is -2.01. The van der Waals surface area contributed by atoms with E-state index in [1.54, 1.807) is 18.6 Å². The number of rotatable bonds is 1. The van der Waals surface area contributed by atoms with Crippen molar-refractivity contribution in [2.75, 3.05) is 5.73 Å². The first-order chi connectivity index (χ1) is 7.83. The maximum atomic E-state index is 5.64. The lowest BCUT2D eigenvalue weighted by Gasteiger charge is -1.99. The number of thiazole rings is 1. The van der Waals surface area contributed by atoms with Gasteiger partial charge in [0.25, 0.3) is 0 Å². The molecule has 0 radical (unpaired) electrons. The average Bonchev–Trinajstić information content (AvgIpc) is 2.69. The molecule has 0 saturated carbocycles. The van der Waals surface area contributed by atoms with Crippen molar-refractivity contribution < 1.29 is 0 Å². The van der Waals surface area contributed by atoms with E-state index >= 15 is 0 Å². The van der Waals surface area contributed by atoms with E-state index in [0.717, 1.165) is 15.8 Å². The molecule has 5 heteroatoms. The molecule has 4 nitrogen and oxygen atoms in total. The Morgan fingerprint density at radius 1 is 1.12 bits per heavy atom. The van der Waals surface area contributed by atoms with Crippen LogP contribution in [0, 0.1) is 0 Å². The Morgan fingerprint density at radius 2 is 1.94 bits per heavy atom. The number of hydrogen-bond acceptors (Lipinski definition) is 5. The summed E-state index contributed by atoms with van der Waals surface area (Å²) in [5, 5.41) is 0.550. The van der Waals surface area contributed by atoms with Gasteiger partial charge in [-0.15, -0.1) is 0 Å². The molecule has 0 aromatic carbocycles. The van der Waals surface area contributed by atoms with Gasteiger partial charge >= 0.3 is 0 Å². The third-order valence-electron chi connectivity index (χ3n) is 2.28. The van der Waals surface area contributed by atoms with E-state index in [-0.39, 0.29) is 0 Å². The molecule has 3 rings (SSSR count). The molecule has 2 N–H and O–H groups in total. The first-order valence-corrected chi connectivity index (χ1v) is 5.57. The molecule has 0 saturated heterocycles. The summed E-state index contributed by atoms with van der Waals surface area (Å²) >= 11 is 1.45. The smallest absolute Gasteiger partial charge is 0.182 e. The van der Waals surface area contributed by atoms with Gasteiger partial charge in [0.05, 0.1) is 4.70 Å². The fourth-order valence-electron chi connectivity index (χ4n) is 1.54. The van der Waals surface area contributed by atoms with Gasteiger partial charge in [-0.2, -0.15) is 0 Å². The number of fused-ring (bicyclic) bond motifs is 1. The van der Waals surface area contributed by atoms with Crippen LogP contribution in [0.2, 0.25) is 0 Å². The molecule has 0 amide bonds. The topological polar surface area (TPSA) is 64.7 Å². The monoisotopic (exact) mass is 228 g/mol. The normalized spacial score (nSPS) is 10.8. The molecule has 78 valence electrons. The molecule has 3 aromatic rings. The van der Waals surface area contributed by atoms with Crippen LogP contribution in [0.5, 0.6) is 0 Å². The van der Waals surface area contributed by atoms with Gasteiger partial charge in [-0.3, -0.25) is 4.98 Å². The second kappa shape index (κ2) is 3.53. The number of hydrogen-bond donors (Lipinski definition) is 1. The molecule has 0 bridgehead atoms. The van der Waals surface area contributed by atoms with Crippen molar-refractivity contribution in [1.82, 2.24) is 15.0 Å². The van der Waals surface area contributed by atoms with Crippen molar-refractivity contribution >= 4 is 26.8 Å². The molecule has 0 spiro atoms. The molecular weight excluding hydrogens is 220 g/mol. The SMILES string of the molecule is Nc1nc2ncc(-c3ccncc3)cc2s1. The minimum Gasteiger partial charge on any atom is -0.375 e. The van der Waals surface area contributed by atoms with E-state index in [1.807, 2.05) is 18.2 Å². The highest BCUT2D eigenvalue weighted by molar-refractivity contribution is 7.22. The fourth-order valence-corrected chi connectivity index (χ4v) is 2.27. The Balaban J connectivity index is 2.18. The van der Waals surface area contributed by atoms with Crippen LogP contribution in [-0.4, -0.2) is 15.0 Å². The summed E-state index contributed by atoms with van der Waals surface area (Å²) < 4.78 is 1.01. The van der Waals surface area contributed by atoms with E-state index in [2.05, 4.69) is 15.0 Å². The molecule has 0 fully saturated rings. The number of nitrogen functional groups attached to an aromatic ring is 1. The summed E-state index contributed by atoms with van der Waals surface area (Å²) in [6, 6.07) is 5.95. The molecule has 0 aliphatic rings. The minimum absolute atomic E-state index is 0.550. The first-order valence-electron chi connectivity index (χ1n) is 4.75. The second-order valence-electron chi connectivity index (χ2n) is 3.33. The van der Waals surface area contributed by atoms with Gasteiger partial charge in [-0.1, -0.05) is 11.3 Å². The maximum Gasteiger partial charge on any atom is 0.182 e. The van der Waals surface area contributed by atoms with Crippen LogP contribution in [0.25, 0.3) is 21.5 Å². The van der Waals surface area contributed by atoms with Crippen molar-refractivity contribution in [2.45, 2.75) is 0 Å². The molecular formula is C11H8N4S. The molecule has 0 aliphatic heterocycles. The third-order valence-corrected chi connectivity index (χ3v) is 3.10. The van der Waals surface area contributed by atoms with Crippen LogP contribution >= 0.6 is 11.3 Å². The maximum absolute atomic E-state index is 5.64. The number of nitrogens with two attached hydrogens (primary N) is 1. The molecule has 3 heterocycles. The summed E-state index contributed by atoms with van der Waals surface area (Å²) in [7, 11) is 0. The van der Waals surface area contributed by atoms with Gasteiger partial charge in [0.15, 0.2) is 10.8 Å². The van der Waals surface area contributed by atoms with Crippen LogP contribution in [0.3, 0.4) is 0 Å². The first kappa shape index (κ1) is 9.23. The van der Waals surface area contributed by atoms with Crippen LogP contribution in [0.4, 0.5) is 5.13 Å². The zero-order chi connectivity index (χ0) is 11.0. The predicted molar refractivity (Wildman–Crippen MR) is 65.1 cm³/mol. The number of pyridine rings is 2. The van der Waals surface area contributed by atoms with Gasteiger partial charge in [0.1, 0.15) is 0 Å². The molecule has 16 heavy (non-hydrogen) atoms. The largest absolute Gasteiger partial charge is 0.375 e. The van der Waals surface area contributed by atoms with Crippen LogP contribution in [0.1, 0.15) is 0 Å². The average molecular weight is 228 g/mol. The van der Waals surface area contributed by atoms with Crippen molar-refractivity contribution in [2.24, 2.45) is 0 Å². The molecule has 0 aliphatic carbocycles. The van der Waals surface area contributed by atoms with E-state index in [0.29, 0.717) is 10.8 Å². The second-order valence-corrected chi connectivity index (χ2v) is 4.40. The van der Waals surface area contributed by atoms with E-state index in [1.165, 1.54) is 11.3 Å². The van der Waals surface area contributed by atoms with Crippen LogP contribution in [0.15, 0.2) is 36.8 Å². The van der Waals surface area contributed by atoms with E-state index < -0.39 is 0 Å². The minimum atomic E-state index is 0.550. The number of anilines is 1. The summed E-state index contributed by atoms with van der Waals surface area (Å²) in [6.45, 7) is 0. The highest BCUT2D eigenvalue weighted by Crippen LogP contribution is 2.26. The zero-order valence-electron chi connectivity index (χ0n) is 8.29. The van der Waals surface area contributed by atoms with Gasteiger partial charge in [0, 0.05) is 24.2 Å². The summed E-state index contributed by atoms with van der Waals surface area (Å²) in [6.07, 6.45) is 5.33. The third kappa shape index (κ3) is 1.51. The zero-order valence-corrected chi connectivity index (χ0v) is 9.11. The number of aromatic nitrogens is 3. The van der Waals surface area contributed by atoms with Crippen molar-refractivity contribution in [1.29, 1.82) is 0 Å². The summed E-state index contributed by atoms with van der Waals surface area (Å²) in [4.78, 5) is 12.4. The van der Waals surface area contributed by atoms with Gasteiger partial charge < -0.3 is 5.73 Å². The van der Waals surface area contributed by atoms with Gasteiger partial charge in [-0.25, -0.2) is 9.97 Å². The van der Waals surface area contributed by atoms with E-state index in [4.69, 9.17) is 5.73 Å². The predicted octanol–water partition coefficient (Wildman–Crippen LogP) is 2.34. The fraction of sp³-hybridized carbons (Fsp3) is 0. The summed E-state index contributed by atoms with van der Waals surface area (Å²) in [5.74, 6) is 0. The standard InChI is InChI=1S/C11H8N4S/c12-11-15-10-9(16-11)5-8(6-14-10)7-1-3-13-4-2-7/h1-6H,(H2,12,14,15). The lowest BCUT2D eigenvalue weighted by Crippen LogP contribution is -1.83. The molecule has 0 atom stereocenters. The lowest BCUT2D eigenvalue weighted by atomic mass is 10.1. The molecule has 3 aromatic heterocycles. The summed E-state index contributed by atoms with van der Waals surface area (Å²) in [5.41, 5.74) is 8.49. The Labute approximate surface area is 95.8 Å². The highest BCUT2D eigenvalue weighted by Gasteiger charge is 2.04. The van der Waals surface area contributed by atoms with Crippen LogP contribution in [-0.2, 0) is 0 Å². The highest BCUT2D eigenvalue weighted by atomic mass is 32.1. The van der Waals surface area contributed by atoms with E-state index in [9.17, 15) is 0 Å². The van der Waals surface area contributed by atoms with Gasteiger partial charge in [-0.05, 0) is 23.8 Å². The lowest BCUT2D eigenvalue weighted by molar-refractivity contribution is 1.31. The quantitative estimate of drug-likeness (QED) is 0.694. The Morgan fingerprint density at radius 3 is 2.75 bits per heavy atom. The Bertz CT molecular complexity index is 633. The van der Waals surface area contributed by atoms with Crippen LogP contribution < -0.4 is 5.73 Å². The molecule has 0 unspecified atom stereocenters. The van der Waals surface area contributed by atoms with Crippen molar-refractivity contribution in [3.63, 3.8) is 0 Å². The number of nitrogens with zero attached hydrogens (tertiary/aromatic N) is 3. The van der Waals surface area contributed by atoms with Gasteiger partial charge in [0.2, 0.25) is 0 Å². The van der Waals surface area contributed by atoms with Crippen molar-refractivity contribution in [3.05, 3.63) is 36.8 Å².